The van der Waals surface area contributed by atoms with Gasteiger partial charge < -0.3 is 19.9 Å². The van der Waals surface area contributed by atoms with Crippen molar-refractivity contribution in [3.63, 3.8) is 0 Å². The van der Waals surface area contributed by atoms with Crippen LogP contribution in [0.5, 0.6) is 11.5 Å². The Morgan fingerprint density at radius 1 is 1.25 bits per heavy atom. The van der Waals surface area contributed by atoms with Crippen molar-refractivity contribution in [3.05, 3.63) is 23.8 Å². The molecule has 0 aliphatic heterocycles. The normalized spacial score (nSPS) is 20.5. The summed E-state index contributed by atoms with van der Waals surface area (Å²) >= 11 is 0. The molecular weight excluding hydrogens is 324 g/mol. The lowest BCUT2D eigenvalue weighted by atomic mass is 9.86. The number of rotatable bonds is 6. The average molecular weight is 343 g/mol. The van der Waals surface area contributed by atoms with Gasteiger partial charge in [-0.1, -0.05) is 6.07 Å². The van der Waals surface area contributed by atoms with E-state index in [9.17, 15) is 18.4 Å². The number of alkyl halides is 2. The number of hydrogen-bond acceptors (Lipinski definition) is 4. The Morgan fingerprint density at radius 2 is 1.92 bits per heavy atom. The number of nitrogens with one attached hydrogen (secondary N) is 1. The van der Waals surface area contributed by atoms with Crippen LogP contribution in [0.15, 0.2) is 18.2 Å². The fourth-order valence-electron chi connectivity index (χ4n) is 2.81. The number of carbonyl (C=O) groups is 2. The molecule has 0 saturated heterocycles. The zero-order valence-corrected chi connectivity index (χ0v) is 13.1. The second-order valence-corrected chi connectivity index (χ2v) is 5.58. The lowest BCUT2D eigenvalue weighted by molar-refractivity contribution is -0.142. The Labute approximate surface area is 137 Å². The number of aliphatic carboxylic acids is 1. The second kappa shape index (κ2) is 7.94. The number of hydrogen-bond donors (Lipinski definition) is 2. The minimum absolute atomic E-state index is 0.0394. The molecule has 1 amide bonds. The van der Waals surface area contributed by atoms with E-state index in [-0.39, 0.29) is 23.1 Å². The maximum absolute atomic E-state index is 12.6. The highest BCUT2D eigenvalue weighted by atomic mass is 19.3. The molecule has 8 heteroatoms. The van der Waals surface area contributed by atoms with Crippen molar-refractivity contribution in [1.82, 2.24) is 5.32 Å². The molecule has 0 spiro atoms. The summed E-state index contributed by atoms with van der Waals surface area (Å²) in [5.74, 6) is -2.06. The molecule has 0 radical (unpaired) electrons. The van der Waals surface area contributed by atoms with Gasteiger partial charge in [-0.25, -0.2) is 0 Å². The maximum atomic E-state index is 12.6. The number of halogens is 2. The third-order valence-electron chi connectivity index (χ3n) is 4.06. The van der Waals surface area contributed by atoms with Gasteiger partial charge in [0.25, 0.3) is 5.91 Å². The summed E-state index contributed by atoms with van der Waals surface area (Å²) in [5, 5.41) is 11.7. The summed E-state index contributed by atoms with van der Waals surface area (Å²) in [5.41, 5.74) is -0.0463. The van der Waals surface area contributed by atoms with Crippen LogP contribution in [-0.4, -0.2) is 36.7 Å². The molecule has 1 aromatic carbocycles. The minimum Gasteiger partial charge on any atom is -0.493 e. The predicted molar refractivity (Wildman–Crippen MR) is 80.5 cm³/mol. The smallest absolute Gasteiger partial charge is 0.387 e. The number of carboxylic acid groups (broad SMARTS) is 1. The van der Waals surface area contributed by atoms with Crippen LogP contribution in [0.4, 0.5) is 8.78 Å². The van der Waals surface area contributed by atoms with Crippen molar-refractivity contribution in [1.29, 1.82) is 0 Å². The molecular formula is C16H19F2NO5. The Balaban J connectivity index is 2.08. The first-order valence-electron chi connectivity index (χ1n) is 7.57. The zero-order valence-electron chi connectivity index (χ0n) is 13.1. The summed E-state index contributed by atoms with van der Waals surface area (Å²) in [6.07, 6.45) is 1.99. The molecule has 2 N–H and O–H groups in total. The largest absolute Gasteiger partial charge is 0.493 e. The summed E-state index contributed by atoms with van der Waals surface area (Å²) < 4.78 is 34.6. The van der Waals surface area contributed by atoms with Crippen LogP contribution in [0.1, 0.15) is 36.0 Å². The highest BCUT2D eigenvalue weighted by Crippen LogP contribution is 2.33. The maximum Gasteiger partial charge on any atom is 0.387 e. The molecule has 1 aromatic rings. The third-order valence-corrected chi connectivity index (χ3v) is 4.06. The van der Waals surface area contributed by atoms with E-state index >= 15 is 0 Å². The number of ether oxygens (including phenoxy) is 2. The Morgan fingerprint density at radius 3 is 2.46 bits per heavy atom. The first kappa shape index (κ1) is 18.0. The lowest BCUT2D eigenvalue weighted by Gasteiger charge is -2.27. The monoisotopic (exact) mass is 343 g/mol. The van der Waals surface area contributed by atoms with Gasteiger partial charge in [-0.2, -0.15) is 8.78 Å². The molecule has 1 fully saturated rings. The van der Waals surface area contributed by atoms with Crippen LogP contribution >= 0.6 is 0 Å². The van der Waals surface area contributed by atoms with E-state index in [1.54, 1.807) is 0 Å². The minimum atomic E-state index is -3.08. The second-order valence-electron chi connectivity index (χ2n) is 5.58. The van der Waals surface area contributed by atoms with Gasteiger partial charge in [0.1, 0.15) is 0 Å². The molecule has 1 aliphatic carbocycles. The van der Waals surface area contributed by atoms with E-state index in [1.165, 1.54) is 25.3 Å². The molecule has 0 unspecified atom stereocenters. The van der Waals surface area contributed by atoms with Gasteiger partial charge in [0.05, 0.1) is 18.6 Å². The van der Waals surface area contributed by atoms with Gasteiger partial charge >= 0.3 is 12.6 Å². The average Bonchev–Trinajstić information content (AvgIpc) is 2.55. The zero-order chi connectivity index (χ0) is 17.7. The van der Waals surface area contributed by atoms with Crippen molar-refractivity contribution in [2.45, 2.75) is 38.3 Å². The fraction of sp³-hybridized carbons (Fsp3) is 0.500. The van der Waals surface area contributed by atoms with E-state index in [1.807, 2.05) is 0 Å². The van der Waals surface area contributed by atoms with E-state index < -0.39 is 24.4 Å². The highest BCUT2D eigenvalue weighted by molar-refractivity contribution is 5.98. The molecule has 0 bridgehead atoms. The molecule has 132 valence electrons. The van der Waals surface area contributed by atoms with E-state index in [4.69, 9.17) is 9.84 Å². The molecule has 1 aliphatic rings. The Kier molecular flexibility index (Phi) is 5.94. The van der Waals surface area contributed by atoms with Crippen LogP contribution < -0.4 is 14.8 Å². The van der Waals surface area contributed by atoms with Crippen molar-refractivity contribution >= 4 is 11.9 Å². The quantitative estimate of drug-likeness (QED) is 0.829. The Hall–Kier alpha value is -2.38. The van der Waals surface area contributed by atoms with Gasteiger partial charge in [0.2, 0.25) is 0 Å². The Bertz CT molecular complexity index is 600. The number of amides is 1. The predicted octanol–water partition coefficient (Wildman–Crippen LogP) is 2.67. The number of carboxylic acids is 1. The fourth-order valence-corrected chi connectivity index (χ4v) is 2.81. The van der Waals surface area contributed by atoms with Crippen LogP contribution in [0.25, 0.3) is 0 Å². The van der Waals surface area contributed by atoms with E-state index in [2.05, 4.69) is 10.1 Å². The number of methoxy groups -OCH3 is 1. The molecule has 6 nitrogen and oxygen atoms in total. The molecule has 1 saturated carbocycles. The van der Waals surface area contributed by atoms with Crippen molar-refractivity contribution in [2.75, 3.05) is 7.11 Å². The summed E-state index contributed by atoms with van der Waals surface area (Å²) in [6.45, 7) is -3.08. The van der Waals surface area contributed by atoms with Gasteiger partial charge in [-0.15, -0.1) is 0 Å². The van der Waals surface area contributed by atoms with Crippen LogP contribution in [0, 0.1) is 5.92 Å². The summed E-state index contributed by atoms with van der Waals surface area (Å²) in [4.78, 5) is 23.3. The summed E-state index contributed by atoms with van der Waals surface area (Å²) in [6, 6.07) is 4.11. The standard InChI is InChI=1S/C16H19F2NO5/c1-23-12-4-2-3-11(13(12)24-16(17)18)14(20)19-10-7-5-9(6-8-10)15(21)22/h2-4,9-10,16H,5-8H2,1H3,(H,19,20)(H,21,22). The number of benzene rings is 1. The van der Waals surface area contributed by atoms with Gasteiger partial charge in [-0.3, -0.25) is 9.59 Å². The molecule has 2 rings (SSSR count). The highest BCUT2D eigenvalue weighted by Gasteiger charge is 2.28. The van der Waals surface area contributed by atoms with Crippen LogP contribution in [0.2, 0.25) is 0 Å². The van der Waals surface area contributed by atoms with Gasteiger partial charge in [0, 0.05) is 6.04 Å². The SMILES string of the molecule is COc1cccc(C(=O)NC2CCC(C(=O)O)CC2)c1OC(F)F. The number of carbonyl (C=O) groups excluding carboxylic acids is 1. The van der Waals surface area contributed by atoms with Crippen LogP contribution in [-0.2, 0) is 4.79 Å². The van der Waals surface area contributed by atoms with Crippen LogP contribution in [0.3, 0.4) is 0 Å². The molecule has 24 heavy (non-hydrogen) atoms. The molecule has 0 heterocycles. The topological polar surface area (TPSA) is 84.9 Å². The summed E-state index contributed by atoms with van der Waals surface area (Å²) in [7, 11) is 1.29. The van der Waals surface area contributed by atoms with Gasteiger partial charge in [0.15, 0.2) is 11.5 Å². The van der Waals surface area contributed by atoms with Crippen molar-refractivity contribution in [3.8, 4) is 11.5 Å². The van der Waals surface area contributed by atoms with Gasteiger partial charge in [-0.05, 0) is 37.8 Å². The third kappa shape index (κ3) is 4.33. The molecule has 0 aromatic heterocycles. The number of para-hydroxylation sites is 1. The lowest BCUT2D eigenvalue weighted by Crippen LogP contribution is -2.38. The van der Waals surface area contributed by atoms with Crippen molar-refractivity contribution in [2.24, 2.45) is 5.92 Å². The van der Waals surface area contributed by atoms with E-state index in [0.29, 0.717) is 25.7 Å². The first-order chi connectivity index (χ1) is 11.4. The molecule has 0 atom stereocenters. The first-order valence-corrected chi connectivity index (χ1v) is 7.57. The van der Waals surface area contributed by atoms with E-state index in [0.717, 1.165) is 0 Å². The van der Waals surface area contributed by atoms with Crippen molar-refractivity contribution < 1.29 is 33.0 Å².